The molecule has 2 aromatic rings. The third kappa shape index (κ3) is 6.02. The van der Waals surface area contributed by atoms with Gasteiger partial charge in [-0.1, -0.05) is 18.2 Å². The summed E-state index contributed by atoms with van der Waals surface area (Å²) in [6.45, 7) is 6.70. The molecule has 1 unspecified atom stereocenters. The number of hydrogen-bond donors (Lipinski definition) is 2. The smallest absolute Gasteiger partial charge is 0.191 e. The molecule has 1 saturated heterocycles. The van der Waals surface area contributed by atoms with E-state index in [9.17, 15) is 0 Å². The van der Waals surface area contributed by atoms with Crippen LogP contribution in [0.3, 0.4) is 0 Å². The van der Waals surface area contributed by atoms with E-state index in [1.165, 1.54) is 5.56 Å². The lowest BCUT2D eigenvalue weighted by Gasteiger charge is -2.34. The van der Waals surface area contributed by atoms with Crippen LogP contribution in [-0.2, 0) is 0 Å². The summed E-state index contributed by atoms with van der Waals surface area (Å²) in [5.41, 5.74) is 1.19. The molecule has 0 bridgehead atoms. The molecule has 7 nitrogen and oxygen atoms in total. The van der Waals surface area contributed by atoms with Gasteiger partial charge >= 0.3 is 0 Å². The molecule has 1 fully saturated rings. The molecule has 0 amide bonds. The number of ether oxygens (including phenoxy) is 2. The van der Waals surface area contributed by atoms with Gasteiger partial charge in [-0.05, 0) is 50.5 Å². The second-order valence-corrected chi connectivity index (χ2v) is 7.63. The molecule has 2 heterocycles. The summed E-state index contributed by atoms with van der Waals surface area (Å²) in [7, 11) is 3.45. The van der Waals surface area contributed by atoms with Crippen LogP contribution in [0.15, 0.2) is 47.6 Å². The predicted octanol–water partition coefficient (Wildman–Crippen LogP) is 3.00. The van der Waals surface area contributed by atoms with Gasteiger partial charge < -0.3 is 25.0 Å². The molecule has 2 N–H and O–H groups in total. The average molecular weight is 412 g/mol. The fourth-order valence-electron chi connectivity index (χ4n) is 3.50. The summed E-state index contributed by atoms with van der Waals surface area (Å²) < 4.78 is 11.4. The van der Waals surface area contributed by atoms with Gasteiger partial charge in [-0.25, -0.2) is 4.98 Å². The summed E-state index contributed by atoms with van der Waals surface area (Å²) in [6, 6.07) is 12.3. The molecule has 1 aromatic carbocycles. The van der Waals surface area contributed by atoms with Crippen molar-refractivity contribution in [2.75, 3.05) is 38.7 Å². The zero-order chi connectivity index (χ0) is 21.3. The molecular weight excluding hydrogens is 378 g/mol. The number of aryl methyl sites for hydroxylation is 1. The number of rotatable bonds is 7. The fourth-order valence-corrected chi connectivity index (χ4v) is 3.50. The van der Waals surface area contributed by atoms with Gasteiger partial charge in [0.2, 0.25) is 0 Å². The third-order valence-electron chi connectivity index (χ3n) is 5.23. The van der Waals surface area contributed by atoms with Gasteiger partial charge in [-0.2, -0.15) is 0 Å². The van der Waals surface area contributed by atoms with E-state index >= 15 is 0 Å². The van der Waals surface area contributed by atoms with E-state index in [1.54, 1.807) is 14.2 Å². The molecule has 1 atom stereocenters. The number of aromatic nitrogens is 1. The molecule has 30 heavy (non-hydrogen) atoms. The van der Waals surface area contributed by atoms with E-state index < -0.39 is 0 Å². The maximum atomic E-state index is 6.01. The SMILES string of the molecule is CN=C(NCC(C)Oc1ccccc1OC)NC1CCN(c2ccc(C)cn2)CC1. The highest BCUT2D eigenvalue weighted by Gasteiger charge is 2.21. The zero-order valence-electron chi connectivity index (χ0n) is 18.4. The van der Waals surface area contributed by atoms with Crippen molar-refractivity contribution in [2.24, 2.45) is 4.99 Å². The number of para-hydroxylation sites is 2. The minimum Gasteiger partial charge on any atom is -0.493 e. The number of guanidine groups is 1. The van der Waals surface area contributed by atoms with Crippen LogP contribution in [0.4, 0.5) is 5.82 Å². The Bertz CT molecular complexity index is 817. The molecule has 1 aliphatic heterocycles. The second kappa shape index (κ2) is 10.7. The normalized spacial score (nSPS) is 16.1. The average Bonchev–Trinajstić information content (AvgIpc) is 2.78. The number of benzene rings is 1. The molecular formula is C23H33N5O2. The predicted molar refractivity (Wildman–Crippen MR) is 122 cm³/mol. The first kappa shape index (κ1) is 21.7. The molecule has 3 rings (SSSR count). The van der Waals surface area contributed by atoms with E-state index in [1.807, 2.05) is 37.4 Å². The Morgan fingerprint density at radius 1 is 1.20 bits per heavy atom. The van der Waals surface area contributed by atoms with Crippen LogP contribution in [0.2, 0.25) is 0 Å². The quantitative estimate of drug-likeness (QED) is 0.539. The molecule has 1 aromatic heterocycles. The van der Waals surface area contributed by atoms with Crippen LogP contribution in [0.5, 0.6) is 11.5 Å². The van der Waals surface area contributed by atoms with Gasteiger partial charge in [0.05, 0.1) is 13.7 Å². The largest absolute Gasteiger partial charge is 0.493 e. The number of piperidine rings is 1. The summed E-state index contributed by atoms with van der Waals surface area (Å²) in [4.78, 5) is 11.3. The topological polar surface area (TPSA) is 71.0 Å². The van der Waals surface area contributed by atoms with Gasteiger partial charge in [0.1, 0.15) is 11.9 Å². The van der Waals surface area contributed by atoms with Gasteiger partial charge in [0.15, 0.2) is 17.5 Å². The highest BCUT2D eigenvalue weighted by molar-refractivity contribution is 5.80. The third-order valence-corrected chi connectivity index (χ3v) is 5.23. The molecule has 0 spiro atoms. The summed E-state index contributed by atoms with van der Waals surface area (Å²) >= 11 is 0. The molecule has 0 radical (unpaired) electrons. The van der Waals surface area contributed by atoms with Crippen LogP contribution in [0.25, 0.3) is 0 Å². The number of anilines is 1. The zero-order valence-corrected chi connectivity index (χ0v) is 18.4. The lowest BCUT2D eigenvalue weighted by Crippen LogP contribution is -2.50. The van der Waals surface area contributed by atoms with Crippen LogP contribution in [-0.4, -0.2) is 56.9 Å². The van der Waals surface area contributed by atoms with E-state index in [-0.39, 0.29) is 6.10 Å². The Morgan fingerprint density at radius 3 is 2.57 bits per heavy atom. The van der Waals surface area contributed by atoms with E-state index in [0.717, 1.165) is 49.2 Å². The van der Waals surface area contributed by atoms with Crippen LogP contribution < -0.4 is 25.0 Å². The lowest BCUT2D eigenvalue weighted by molar-refractivity contribution is 0.213. The number of pyridine rings is 1. The summed E-state index contributed by atoms with van der Waals surface area (Å²) in [5.74, 6) is 3.34. The van der Waals surface area contributed by atoms with Crippen LogP contribution in [0, 0.1) is 6.92 Å². The van der Waals surface area contributed by atoms with Gasteiger partial charge in [-0.15, -0.1) is 0 Å². The number of hydrogen-bond acceptors (Lipinski definition) is 5. The van der Waals surface area contributed by atoms with Gasteiger partial charge in [0, 0.05) is 32.4 Å². The minimum atomic E-state index is -0.0330. The molecule has 0 saturated carbocycles. The van der Waals surface area contributed by atoms with Crippen LogP contribution in [0.1, 0.15) is 25.3 Å². The fraction of sp³-hybridized carbons (Fsp3) is 0.478. The maximum absolute atomic E-state index is 6.01. The van der Waals surface area contributed by atoms with E-state index in [0.29, 0.717) is 12.6 Å². The number of methoxy groups -OCH3 is 1. The van der Waals surface area contributed by atoms with Crippen molar-refractivity contribution >= 4 is 11.8 Å². The second-order valence-electron chi connectivity index (χ2n) is 7.63. The molecule has 7 heteroatoms. The molecule has 1 aliphatic rings. The summed E-state index contributed by atoms with van der Waals surface area (Å²) in [5, 5.41) is 6.91. The Hall–Kier alpha value is -2.96. The van der Waals surface area contributed by atoms with Crippen molar-refractivity contribution in [2.45, 2.75) is 38.8 Å². The van der Waals surface area contributed by atoms with E-state index in [4.69, 9.17) is 9.47 Å². The van der Waals surface area contributed by atoms with Crippen molar-refractivity contribution in [3.05, 3.63) is 48.2 Å². The van der Waals surface area contributed by atoms with Gasteiger partial charge in [0.25, 0.3) is 0 Å². The van der Waals surface area contributed by atoms with Crippen molar-refractivity contribution in [1.29, 1.82) is 0 Å². The first-order valence-electron chi connectivity index (χ1n) is 10.5. The number of nitrogens with one attached hydrogen (secondary N) is 2. The Kier molecular flexibility index (Phi) is 7.76. The Labute approximate surface area is 179 Å². The van der Waals surface area contributed by atoms with Gasteiger partial charge in [-0.3, -0.25) is 4.99 Å². The summed E-state index contributed by atoms with van der Waals surface area (Å²) in [6.07, 6.45) is 3.99. The van der Waals surface area contributed by atoms with Crippen molar-refractivity contribution in [3.8, 4) is 11.5 Å². The minimum absolute atomic E-state index is 0.0330. The van der Waals surface area contributed by atoms with Crippen molar-refractivity contribution in [3.63, 3.8) is 0 Å². The van der Waals surface area contributed by atoms with Crippen molar-refractivity contribution < 1.29 is 9.47 Å². The maximum Gasteiger partial charge on any atom is 0.191 e. The Balaban J connectivity index is 1.43. The van der Waals surface area contributed by atoms with Crippen LogP contribution >= 0.6 is 0 Å². The lowest BCUT2D eigenvalue weighted by atomic mass is 10.1. The first-order valence-corrected chi connectivity index (χ1v) is 10.5. The highest BCUT2D eigenvalue weighted by atomic mass is 16.5. The first-order chi connectivity index (χ1) is 14.6. The van der Waals surface area contributed by atoms with Crippen molar-refractivity contribution in [1.82, 2.24) is 15.6 Å². The molecule has 162 valence electrons. The number of nitrogens with zero attached hydrogens (tertiary/aromatic N) is 3. The highest BCUT2D eigenvalue weighted by Crippen LogP contribution is 2.26. The Morgan fingerprint density at radius 2 is 1.93 bits per heavy atom. The number of aliphatic imine (C=N–C) groups is 1. The van der Waals surface area contributed by atoms with E-state index in [2.05, 4.69) is 44.6 Å². The molecule has 0 aliphatic carbocycles. The monoisotopic (exact) mass is 411 g/mol. The standard InChI is InChI=1S/C23H33N5O2/c1-17-9-10-22(25-15-17)28-13-11-19(12-14-28)27-23(24-3)26-16-18(2)30-21-8-6-5-7-20(21)29-4/h5-10,15,18-19H,11-14,16H2,1-4H3,(H2,24,26,27).